The summed E-state index contributed by atoms with van der Waals surface area (Å²) in [6, 6.07) is 17.4. The van der Waals surface area contributed by atoms with Gasteiger partial charge >= 0.3 is 23.0 Å². The summed E-state index contributed by atoms with van der Waals surface area (Å²) in [4.78, 5) is 11.4. The molecule has 0 bridgehead atoms. The van der Waals surface area contributed by atoms with Gasteiger partial charge in [-0.25, -0.2) is 9.00 Å². The van der Waals surface area contributed by atoms with Crippen LogP contribution in [0.4, 0.5) is 11.4 Å². The van der Waals surface area contributed by atoms with Crippen LogP contribution in [0, 0.1) is 6.92 Å². The third-order valence-corrected chi connectivity index (χ3v) is 4.77. The van der Waals surface area contributed by atoms with E-state index in [1.54, 1.807) is 49.4 Å². The summed E-state index contributed by atoms with van der Waals surface area (Å²) >= 11 is -2.26. The predicted molar refractivity (Wildman–Crippen MR) is 116 cm³/mol. The Hall–Kier alpha value is -2.27. The molecule has 3 rings (SSSR count). The summed E-state index contributed by atoms with van der Waals surface area (Å²) < 4.78 is 20.7. The average molecular weight is 590 g/mol. The quantitative estimate of drug-likeness (QED) is 0.0911. The van der Waals surface area contributed by atoms with Crippen molar-refractivity contribution in [1.29, 1.82) is 0 Å². The van der Waals surface area contributed by atoms with E-state index in [9.17, 15) is 23.8 Å². The second-order valence-electron chi connectivity index (χ2n) is 6.27. The van der Waals surface area contributed by atoms with Gasteiger partial charge in [0.1, 0.15) is 11.4 Å². The summed E-state index contributed by atoms with van der Waals surface area (Å²) in [6.07, 6.45) is 0. The number of carbonyl (C=O) groups is 1. The van der Waals surface area contributed by atoms with Crippen molar-refractivity contribution in [1.82, 2.24) is 0 Å². The fourth-order valence-corrected chi connectivity index (χ4v) is 3.06. The largest absolute Gasteiger partial charge is 1.00 e. The molecule has 3 aromatic carbocycles. The van der Waals surface area contributed by atoms with Crippen molar-refractivity contribution in [3.05, 3.63) is 88.8 Å². The SMILES string of the molecule is Cc1cc(S(=O)O)cc(N=N/C(=N\[N-]c2ccccc2C(=O)O)c2ccccc2)c1O.[Cu+].[Y]. The molecule has 0 spiro atoms. The van der Waals surface area contributed by atoms with Crippen molar-refractivity contribution in [2.75, 3.05) is 0 Å². The molecular weight excluding hydrogens is 573 g/mol. The van der Waals surface area contributed by atoms with E-state index >= 15 is 0 Å². The molecule has 9 nitrogen and oxygen atoms in total. The first-order chi connectivity index (χ1) is 14.9. The Kier molecular flexibility index (Phi) is 11.7. The fourth-order valence-electron chi connectivity index (χ4n) is 2.57. The average Bonchev–Trinajstić information content (AvgIpc) is 2.77. The number of carboxylic acid groups (broad SMARTS) is 1. The number of hydrogen-bond acceptors (Lipinski definition) is 5. The number of amidine groups is 1. The van der Waals surface area contributed by atoms with Crippen LogP contribution in [0.1, 0.15) is 21.5 Å². The predicted octanol–water partition coefficient (Wildman–Crippen LogP) is 5.13. The Balaban J connectivity index is 0.00000272. The molecule has 0 heterocycles. The number of aryl methyl sites for hydroxylation is 1. The molecule has 0 aliphatic rings. The molecule has 0 saturated carbocycles. The van der Waals surface area contributed by atoms with Crippen LogP contribution in [0.15, 0.2) is 87.0 Å². The molecule has 1 atom stereocenters. The van der Waals surface area contributed by atoms with Crippen molar-refractivity contribution < 1.29 is 73.5 Å². The number of aromatic hydroxyl groups is 1. The molecule has 0 aromatic heterocycles. The van der Waals surface area contributed by atoms with Gasteiger partial charge in [0.15, 0.2) is 16.9 Å². The Morgan fingerprint density at radius 1 is 1.03 bits per heavy atom. The third-order valence-electron chi connectivity index (χ3n) is 4.13. The van der Waals surface area contributed by atoms with Gasteiger partial charge in [-0.2, -0.15) is 0 Å². The maximum atomic E-state index is 11.4. The first-order valence-corrected chi connectivity index (χ1v) is 10.00. The van der Waals surface area contributed by atoms with Gasteiger partial charge in [0.05, 0.1) is 4.90 Å². The number of aromatic carboxylic acids is 1. The van der Waals surface area contributed by atoms with Gasteiger partial charge in [-0.15, -0.1) is 15.9 Å². The van der Waals surface area contributed by atoms with E-state index in [2.05, 4.69) is 20.8 Å². The topological polar surface area (TPSA) is 146 Å². The van der Waals surface area contributed by atoms with Crippen molar-refractivity contribution in [3.8, 4) is 5.75 Å². The van der Waals surface area contributed by atoms with Crippen molar-refractivity contribution in [2.24, 2.45) is 15.3 Å². The Labute approximate surface area is 228 Å². The summed E-state index contributed by atoms with van der Waals surface area (Å²) in [5, 5.41) is 31.6. The minimum Gasteiger partial charge on any atom is -0.573 e. The molecular formula is C21H17CuN4O5SY. The molecule has 0 aliphatic carbocycles. The van der Waals surface area contributed by atoms with Crippen LogP contribution >= 0.6 is 0 Å². The van der Waals surface area contributed by atoms with Crippen LogP contribution in [0.3, 0.4) is 0 Å². The number of azo groups is 1. The summed E-state index contributed by atoms with van der Waals surface area (Å²) in [5.74, 6) is -1.29. The van der Waals surface area contributed by atoms with Crippen molar-refractivity contribution in [3.63, 3.8) is 0 Å². The molecule has 0 aliphatic heterocycles. The molecule has 0 saturated heterocycles. The Morgan fingerprint density at radius 2 is 1.67 bits per heavy atom. The van der Waals surface area contributed by atoms with Crippen molar-refractivity contribution >= 4 is 34.3 Å². The second kappa shape index (κ2) is 13.4. The summed E-state index contributed by atoms with van der Waals surface area (Å²) in [5.41, 5.74) is 4.99. The van der Waals surface area contributed by atoms with Gasteiger partial charge in [-0.3, -0.25) is 0 Å². The second-order valence-corrected chi connectivity index (χ2v) is 7.24. The van der Waals surface area contributed by atoms with Crippen molar-refractivity contribution in [2.45, 2.75) is 11.8 Å². The first kappa shape index (κ1) is 28.8. The number of phenolic OH excluding ortho intramolecular Hbond substituents is 1. The van der Waals surface area contributed by atoms with Crippen LogP contribution in [0.5, 0.6) is 5.75 Å². The molecule has 171 valence electrons. The van der Waals surface area contributed by atoms with Crippen LogP contribution < -0.4 is 0 Å². The number of benzene rings is 3. The molecule has 1 unspecified atom stereocenters. The van der Waals surface area contributed by atoms with Gasteiger partial charge in [-0.05, 0) is 30.7 Å². The van der Waals surface area contributed by atoms with E-state index in [4.69, 9.17) is 0 Å². The number of phenols is 1. The maximum Gasteiger partial charge on any atom is 1.00 e. The van der Waals surface area contributed by atoms with Gasteiger partial charge < -0.3 is 25.3 Å². The van der Waals surface area contributed by atoms with Gasteiger partial charge in [0, 0.05) is 43.8 Å². The van der Waals surface area contributed by atoms with E-state index in [0.717, 1.165) is 0 Å². The van der Waals surface area contributed by atoms with E-state index in [1.165, 1.54) is 24.3 Å². The zero-order valence-corrected chi connectivity index (χ0v) is 21.7. The molecule has 33 heavy (non-hydrogen) atoms. The third kappa shape index (κ3) is 7.63. The summed E-state index contributed by atoms with van der Waals surface area (Å²) in [6.45, 7) is 1.56. The van der Waals surface area contributed by atoms with E-state index in [-0.39, 0.29) is 83.2 Å². The number of rotatable bonds is 6. The standard InChI is InChI=1S/C21H18N4O5S.Cu.Y/c1-13-11-15(31(29)30)12-18(19(13)26)23-25-20(14-7-3-2-4-8-14)24-22-17-10-6-5-9-16(17)21(27)28;;/h2-12H,1H3,(H4,22,23,24,25,26,27,28,29,30);;/q;+1;/p-1. The monoisotopic (exact) mass is 589 g/mol. The maximum absolute atomic E-state index is 11.4. The zero-order valence-electron chi connectivity index (χ0n) is 17.1. The van der Waals surface area contributed by atoms with E-state index in [0.29, 0.717) is 11.1 Å². The van der Waals surface area contributed by atoms with Crippen LogP contribution in [0.2, 0.25) is 0 Å². The number of carboxylic acids is 1. The minimum absolute atomic E-state index is 0. The van der Waals surface area contributed by atoms with E-state index in [1.807, 2.05) is 0 Å². The van der Waals surface area contributed by atoms with Gasteiger partial charge in [-0.1, -0.05) is 48.5 Å². The normalized spacial score (nSPS) is 11.9. The molecule has 1 radical (unpaired) electrons. The molecule has 0 fully saturated rings. The molecule has 0 amide bonds. The van der Waals surface area contributed by atoms with Gasteiger partial charge in [0.25, 0.3) is 0 Å². The number of hydrogen-bond donors (Lipinski definition) is 3. The van der Waals surface area contributed by atoms with E-state index < -0.39 is 17.0 Å². The summed E-state index contributed by atoms with van der Waals surface area (Å²) in [7, 11) is 0. The van der Waals surface area contributed by atoms with Crippen LogP contribution in [-0.2, 0) is 60.9 Å². The minimum atomic E-state index is -2.26. The molecule has 3 aromatic rings. The van der Waals surface area contributed by atoms with Crippen LogP contribution in [0.25, 0.3) is 5.43 Å². The van der Waals surface area contributed by atoms with Crippen LogP contribution in [-0.4, -0.2) is 30.8 Å². The molecule has 12 heteroatoms. The molecule has 3 N–H and O–H groups in total. The Morgan fingerprint density at radius 3 is 2.30 bits per heavy atom. The zero-order chi connectivity index (χ0) is 22.4. The number of nitrogens with zero attached hydrogens (tertiary/aromatic N) is 4. The smallest absolute Gasteiger partial charge is 0.573 e. The Bertz CT molecular complexity index is 1210. The van der Waals surface area contributed by atoms with Gasteiger partial charge in [0.2, 0.25) is 0 Å². The fraction of sp³-hybridized carbons (Fsp3) is 0.0476. The first-order valence-electron chi connectivity index (χ1n) is 8.89.